The molecule has 1 aliphatic carbocycles. The third-order valence-corrected chi connectivity index (χ3v) is 5.49. The molecule has 1 N–H and O–H groups in total. The van der Waals surface area contributed by atoms with Gasteiger partial charge in [-0.15, -0.1) is 0 Å². The van der Waals surface area contributed by atoms with Gasteiger partial charge >= 0.3 is 0 Å². The number of benzene rings is 1. The van der Waals surface area contributed by atoms with Gasteiger partial charge in [0.25, 0.3) is 11.7 Å². The van der Waals surface area contributed by atoms with E-state index in [1.807, 2.05) is 6.07 Å². The number of carbonyl (C=O) groups excluding carboxylic acids is 2. The van der Waals surface area contributed by atoms with E-state index in [0.29, 0.717) is 11.3 Å². The number of halogens is 1. The Bertz CT molecular complexity index is 617. The minimum absolute atomic E-state index is 0.439. The van der Waals surface area contributed by atoms with Crippen molar-refractivity contribution in [1.82, 2.24) is 0 Å². The highest BCUT2D eigenvalue weighted by molar-refractivity contribution is 9.10. The van der Waals surface area contributed by atoms with Crippen molar-refractivity contribution in [3.05, 3.63) is 22.2 Å². The van der Waals surface area contributed by atoms with E-state index in [1.54, 1.807) is 6.07 Å². The van der Waals surface area contributed by atoms with Crippen molar-refractivity contribution in [2.45, 2.75) is 19.3 Å². The molecule has 0 aromatic heterocycles. The first kappa shape index (κ1) is 12.4. The molecule has 104 valence electrons. The summed E-state index contributed by atoms with van der Waals surface area (Å²) in [6.45, 7) is 2.17. The molecule has 20 heavy (non-hydrogen) atoms. The molecule has 1 saturated carbocycles. The molecule has 1 aromatic carbocycles. The predicted octanol–water partition coefficient (Wildman–Crippen LogP) is 2.82. The Balaban J connectivity index is 1.69. The van der Waals surface area contributed by atoms with Gasteiger partial charge in [0, 0.05) is 17.6 Å². The Kier molecular flexibility index (Phi) is 2.67. The first-order valence-corrected chi connectivity index (χ1v) is 7.87. The zero-order chi connectivity index (χ0) is 13.9. The number of fused-ring (bicyclic) bond motifs is 2. The Labute approximate surface area is 125 Å². The highest BCUT2D eigenvalue weighted by Crippen LogP contribution is 2.43. The maximum absolute atomic E-state index is 11.7. The van der Waals surface area contributed by atoms with E-state index in [-0.39, 0.29) is 0 Å². The Hall–Kier alpha value is -1.36. The van der Waals surface area contributed by atoms with Crippen molar-refractivity contribution >= 4 is 39.0 Å². The number of nitrogens with one attached hydrogen (secondary N) is 1. The lowest BCUT2D eigenvalue weighted by molar-refractivity contribution is -0.112. The Morgan fingerprint density at radius 3 is 2.55 bits per heavy atom. The average Bonchev–Trinajstić information content (AvgIpc) is 3.05. The van der Waals surface area contributed by atoms with Gasteiger partial charge in [0.2, 0.25) is 0 Å². The van der Waals surface area contributed by atoms with Crippen molar-refractivity contribution < 1.29 is 9.59 Å². The maximum atomic E-state index is 11.7. The van der Waals surface area contributed by atoms with Gasteiger partial charge in [0.05, 0.1) is 16.9 Å². The summed E-state index contributed by atoms with van der Waals surface area (Å²) in [5, 5.41) is 2.65. The molecule has 0 spiro atoms. The van der Waals surface area contributed by atoms with Crippen LogP contribution < -0.4 is 10.2 Å². The van der Waals surface area contributed by atoms with Gasteiger partial charge in [-0.05, 0) is 52.7 Å². The fourth-order valence-corrected chi connectivity index (χ4v) is 4.42. The smallest absolute Gasteiger partial charge is 0.296 e. The monoisotopic (exact) mass is 334 g/mol. The SMILES string of the molecule is O=C1Nc2cc(N3CC4CCCC4C3)c(Br)cc2C1=O. The molecule has 1 saturated heterocycles. The summed E-state index contributed by atoms with van der Waals surface area (Å²) < 4.78 is 0.904. The highest BCUT2D eigenvalue weighted by Gasteiger charge is 2.37. The van der Waals surface area contributed by atoms with Crippen LogP contribution in [0.2, 0.25) is 0 Å². The molecule has 2 fully saturated rings. The zero-order valence-corrected chi connectivity index (χ0v) is 12.6. The van der Waals surface area contributed by atoms with Gasteiger partial charge in [-0.3, -0.25) is 9.59 Å². The molecule has 5 heteroatoms. The quantitative estimate of drug-likeness (QED) is 0.803. The van der Waals surface area contributed by atoms with Crippen LogP contribution in [0.15, 0.2) is 16.6 Å². The number of hydrogen-bond acceptors (Lipinski definition) is 3. The van der Waals surface area contributed by atoms with Crippen LogP contribution in [-0.4, -0.2) is 24.8 Å². The molecule has 1 aromatic rings. The average molecular weight is 335 g/mol. The summed E-state index contributed by atoms with van der Waals surface area (Å²) in [5.41, 5.74) is 2.22. The van der Waals surface area contributed by atoms with Gasteiger partial charge in [-0.1, -0.05) is 6.42 Å². The first-order chi connectivity index (χ1) is 9.63. The summed E-state index contributed by atoms with van der Waals surface area (Å²) in [4.78, 5) is 25.5. The lowest BCUT2D eigenvalue weighted by atomic mass is 10.0. The van der Waals surface area contributed by atoms with Crippen molar-refractivity contribution in [3.8, 4) is 0 Å². The summed E-state index contributed by atoms with van der Waals surface area (Å²) in [5.74, 6) is 0.658. The largest absolute Gasteiger partial charge is 0.370 e. The molecule has 0 bridgehead atoms. The first-order valence-electron chi connectivity index (χ1n) is 7.07. The van der Waals surface area contributed by atoms with E-state index in [4.69, 9.17) is 0 Å². The Morgan fingerprint density at radius 1 is 1.15 bits per heavy atom. The van der Waals surface area contributed by atoms with Crippen LogP contribution in [0.3, 0.4) is 0 Å². The van der Waals surface area contributed by atoms with E-state index in [2.05, 4.69) is 26.1 Å². The normalized spacial score (nSPS) is 27.8. The Morgan fingerprint density at radius 2 is 1.85 bits per heavy atom. The molecule has 4 rings (SSSR count). The van der Waals surface area contributed by atoms with Gasteiger partial charge in [0.15, 0.2) is 0 Å². The van der Waals surface area contributed by atoms with Crippen LogP contribution in [0.5, 0.6) is 0 Å². The molecule has 2 unspecified atom stereocenters. The number of anilines is 2. The van der Waals surface area contributed by atoms with Crippen LogP contribution in [-0.2, 0) is 4.79 Å². The number of carbonyl (C=O) groups is 2. The van der Waals surface area contributed by atoms with Crippen LogP contribution in [0, 0.1) is 11.8 Å². The molecular weight excluding hydrogens is 320 g/mol. The summed E-state index contributed by atoms with van der Waals surface area (Å²) in [6.07, 6.45) is 4.02. The van der Waals surface area contributed by atoms with Crippen molar-refractivity contribution in [2.75, 3.05) is 23.3 Å². The predicted molar refractivity (Wildman–Crippen MR) is 80.1 cm³/mol. The lowest BCUT2D eigenvalue weighted by Gasteiger charge is -2.22. The van der Waals surface area contributed by atoms with Gasteiger partial charge in [-0.2, -0.15) is 0 Å². The van der Waals surface area contributed by atoms with E-state index in [9.17, 15) is 9.59 Å². The molecule has 0 radical (unpaired) electrons. The molecule has 1 amide bonds. The minimum atomic E-state index is -0.526. The number of hydrogen-bond donors (Lipinski definition) is 1. The number of nitrogens with zero attached hydrogens (tertiary/aromatic N) is 1. The molecule has 4 nitrogen and oxygen atoms in total. The molecular formula is C15H15BrN2O2. The van der Waals surface area contributed by atoms with E-state index in [1.165, 1.54) is 19.3 Å². The van der Waals surface area contributed by atoms with Crippen molar-refractivity contribution in [2.24, 2.45) is 11.8 Å². The fourth-order valence-electron chi connectivity index (χ4n) is 3.83. The molecule has 2 heterocycles. The standard InChI is InChI=1S/C15H15BrN2O2/c16-11-4-10-12(17-15(20)14(10)19)5-13(11)18-6-8-2-1-3-9(8)7-18/h4-5,8-9H,1-3,6-7H2,(H,17,19,20). The van der Waals surface area contributed by atoms with Crippen LogP contribution in [0.25, 0.3) is 0 Å². The summed E-state index contributed by atoms with van der Waals surface area (Å²) >= 11 is 3.55. The van der Waals surface area contributed by atoms with Crippen molar-refractivity contribution in [3.63, 3.8) is 0 Å². The number of Topliss-reactive ketones (excluding diaryl/α,β-unsaturated/α-hetero) is 1. The fraction of sp³-hybridized carbons (Fsp3) is 0.467. The number of ketones is 1. The third kappa shape index (κ3) is 1.72. The van der Waals surface area contributed by atoms with Gasteiger partial charge in [-0.25, -0.2) is 0 Å². The van der Waals surface area contributed by atoms with Gasteiger partial charge < -0.3 is 10.2 Å². The second kappa shape index (κ2) is 4.32. The van der Waals surface area contributed by atoms with Crippen molar-refractivity contribution in [1.29, 1.82) is 0 Å². The third-order valence-electron chi connectivity index (χ3n) is 4.85. The number of amides is 1. The number of rotatable bonds is 1. The maximum Gasteiger partial charge on any atom is 0.296 e. The second-order valence-corrected chi connectivity index (χ2v) is 6.84. The molecule has 3 aliphatic rings. The highest BCUT2D eigenvalue weighted by atomic mass is 79.9. The van der Waals surface area contributed by atoms with Gasteiger partial charge in [0.1, 0.15) is 0 Å². The van der Waals surface area contributed by atoms with E-state index >= 15 is 0 Å². The van der Waals surface area contributed by atoms with E-state index < -0.39 is 11.7 Å². The lowest BCUT2D eigenvalue weighted by Crippen LogP contribution is -2.21. The molecule has 2 atom stereocenters. The summed E-state index contributed by atoms with van der Waals surface area (Å²) in [7, 11) is 0. The zero-order valence-electron chi connectivity index (χ0n) is 11.0. The van der Waals surface area contributed by atoms with Crippen LogP contribution in [0.4, 0.5) is 11.4 Å². The van der Waals surface area contributed by atoms with Crippen LogP contribution >= 0.6 is 15.9 Å². The second-order valence-electron chi connectivity index (χ2n) is 5.99. The van der Waals surface area contributed by atoms with E-state index in [0.717, 1.165) is 35.1 Å². The minimum Gasteiger partial charge on any atom is -0.370 e. The molecule has 2 aliphatic heterocycles. The topological polar surface area (TPSA) is 49.4 Å². The summed E-state index contributed by atoms with van der Waals surface area (Å²) in [6, 6.07) is 3.71. The van der Waals surface area contributed by atoms with Crippen LogP contribution in [0.1, 0.15) is 29.6 Å².